The topological polar surface area (TPSA) is 79.5 Å². The summed E-state index contributed by atoms with van der Waals surface area (Å²) < 4.78 is 83.6. The quantitative estimate of drug-likeness (QED) is 0.864. The van der Waals surface area contributed by atoms with Crippen molar-refractivity contribution < 1.29 is 31.7 Å². The van der Waals surface area contributed by atoms with Crippen LogP contribution in [-0.2, 0) is 10.2 Å². The van der Waals surface area contributed by atoms with Gasteiger partial charge < -0.3 is 14.6 Å². The van der Waals surface area contributed by atoms with Gasteiger partial charge in [0.2, 0.25) is 0 Å². The van der Waals surface area contributed by atoms with Crippen LogP contribution in [0, 0.1) is 17.2 Å². The van der Waals surface area contributed by atoms with Crippen LogP contribution in [0.5, 0.6) is 11.5 Å². The van der Waals surface area contributed by atoms with Crippen LogP contribution in [-0.4, -0.2) is 24.3 Å². The third-order valence-electron chi connectivity index (χ3n) is 4.75. The molecule has 0 atom stereocenters. The molecule has 1 N–H and O–H groups in total. The Morgan fingerprint density at radius 3 is 2.60 bits per heavy atom. The zero-order valence-electron chi connectivity index (χ0n) is 22.8. The van der Waals surface area contributed by atoms with Gasteiger partial charge in [-0.05, 0) is 68.9 Å². The van der Waals surface area contributed by atoms with Gasteiger partial charge in [-0.2, -0.15) is 5.26 Å². The van der Waals surface area contributed by atoms with Crippen molar-refractivity contribution in [3.8, 4) is 17.6 Å². The Bertz CT molecular complexity index is 1000. The molecule has 0 radical (unpaired) electrons. The molecule has 3 rings (SSSR count). The van der Waals surface area contributed by atoms with Crippen molar-refractivity contribution >= 4 is 5.97 Å². The van der Waals surface area contributed by atoms with Gasteiger partial charge in [0.1, 0.15) is 0 Å². The molecular formula is C20H25NO4. The number of carboxylic acids is 1. The number of rotatable bonds is 5. The molecule has 0 aliphatic heterocycles. The fraction of sp³-hybridized carbons (Fsp3) is 0.600. The number of carbonyl (C=O) groups is 1. The SMILES string of the molecule is [2H]C1([2H])C([2H])([2H])C([2H])([2H])C([2H])(Oc2cc(C3(C#N)CCC(C(=O)O)CC3)ccc2OC)C1([2H])[2H]. The van der Waals surface area contributed by atoms with Crippen molar-refractivity contribution in [2.75, 3.05) is 7.11 Å². The van der Waals surface area contributed by atoms with E-state index in [-0.39, 0.29) is 37.2 Å². The fourth-order valence-electron chi connectivity index (χ4n) is 3.24. The molecule has 2 aliphatic rings. The second-order valence-corrected chi connectivity index (χ2v) is 6.10. The summed E-state index contributed by atoms with van der Waals surface area (Å²) in [6, 6.07) is 6.41. The normalized spacial score (nSPS) is 41.4. The van der Waals surface area contributed by atoms with Crippen LogP contribution >= 0.6 is 0 Å². The predicted octanol–water partition coefficient (Wildman–Crippen LogP) is 4.05. The number of carboxylic acid groups (broad SMARTS) is 1. The highest BCUT2D eigenvalue weighted by molar-refractivity contribution is 5.70. The first-order chi connectivity index (χ1) is 15.5. The van der Waals surface area contributed by atoms with Crippen LogP contribution in [0.3, 0.4) is 0 Å². The smallest absolute Gasteiger partial charge is 0.306 e. The van der Waals surface area contributed by atoms with Crippen molar-refractivity contribution in [1.82, 2.24) is 0 Å². The number of nitriles is 1. The second-order valence-electron chi connectivity index (χ2n) is 6.10. The van der Waals surface area contributed by atoms with Gasteiger partial charge in [0.05, 0.1) is 32.0 Å². The van der Waals surface area contributed by atoms with Gasteiger partial charge in [0.25, 0.3) is 0 Å². The van der Waals surface area contributed by atoms with Crippen molar-refractivity contribution in [3.05, 3.63) is 23.8 Å². The molecular weight excluding hydrogens is 318 g/mol. The molecule has 2 saturated carbocycles. The van der Waals surface area contributed by atoms with Gasteiger partial charge in [0, 0.05) is 11.0 Å². The van der Waals surface area contributed by atoms with E-state index < -0.39 is 48.9 Å². The molecule has 5 heteroatoms. The summed E-state index contributed by atoms with van der Waals surface area (Å²) in [4.78, 5) is 11.3. The van der Waals surface area contributed by atoms with Gasteiger partial charge in [0.15, 0.2) is 11.5 Å². The molecule has 2 fully saturated rings. The van der Waals surface area contributed by atoms with Crippen LogP contribution < -0.4 is 9.47 Å². The molecule has 0 bridgehead atoms. The maximum absolute atomic E-state index is 11.3. The Labute approximate surface area is 161 Å². The summed E-state index contributed by atoms with van der Waals surface area (Å²) in [5.74, 6) is -1.95. The van der Waals surface area contributed by atoms with Gasteiger partial charge in [-0.3, -0.25) is 4.79 Å². The maximum atomic E-state index is 11.3. The van der Waals surface area contributed by atoms with E-state index in [0.29, 0.717) is 5.56 Å². The Kier molecular flexibility index (Phi) is 2.78. The van der Waals surface area contributed by atoms with E-state index in [2.05, 4.69) is 6.07 Å². The molecule has 134 valence electrons. The number of methoxy groups -OCH3 is 1. The predicted molar refractivity (Wildman–Crippen MR) is 92.8 cm³/mol. The summed E-state index contributed by atoms with van der Waals surface area (Å²) in [6.45, 7) is 0. The average molecular weight is 352 g/mol. The zero-order valence-corrected chi connectivity index (χ0v) is 13.8. The highest BCUT2D eigenvalue weighted by Crippen LogP contribution is 2.44. The number of hydrogen-bond donors (Lipinski definition) is 1. The van der Waals surface area contributed by atoms with E-state index in [4.69, 9.17) is 21.8 Å². The molecule has 2 aliphatic carbocycles. The van der Waals surface area contributed by atoms with E-state index in [1.165, 1.54) is 19.2 Å². The van der Waals surface area contributed by atoms with Crippen LogP contribution in [0.15, 0.2) is 18.2 Å². The third kappa shape index (κ3) is 3.58. The minimum atomic E-state index is -3.43. The fourth-order valence-corrected chi connectivity index (χ4v) is 3.24. The van der Waals surface area contributed by atoms with E-state index in [0.717, 1.165) is 0 Å². The monoisotopic (exact) mass is 352 g/mol. The zero-order chi connectivity index (χ0) is 26.0. The van der Waals surface area contributed by atoms with Gasteiger partial charge in [-0.15, -0.1) is 0 Å². The Balaban J connectivity index is 2.09. The maximum Gasteiger partial charge on any atom is 0.306 e. The highest BCUT2D eigenvalue weighted by Gasteiger charge is 2.39. The first-order valence-corrected chi connectivity index (χ1v) is 7.97. The Morgan fingerprint density at radius 2 is 2.04 bits per heavy atom. The minimum Gasteiger partial charge on any atom is -0.493 e. The lowest BCUT2D eigenvalue weighted by atomic mass is 9.67. The summed E-state index contributed by atoms with van der Waals surface area (Å²) >= 11 is 0. The molecule has 0 aromatic heterocycles. The minimum absolute atomic E-state index is 0.0534. The molecule has 0 saturated heterocycles. The number of nitrogens with zero attached hydrogens (tertiary/aromatic N) is 1. The highest BCUT2D eigenvalue weighted by atomic mass is 16.5. The van der Waals surface area contributed by atoms with Gasteiger partial charge in [-0.1, -0.05) is 6.07 Å². The summed E-state index contributed by atoms with van der Waals surface area (Å²) in [5.41, 5.74) is -0.744. The van der Waals surface area contributed by atoms with E-state index in [1.54, 1.807) is 6.07 Å². The summed E-state index contributed by atoms with van der Waals surface area (Å²) in [7, 11) is 1.24. The van der Waals surface area contributed by atoms with Crippen LogP contribution in [0.2, 0.25) is 0 Å². The van der Waals surface area contributed by atoms with E-state index >= 15 is 0 Å². The lowest BCUT2D eigenvalue weighted by Crippen LogP contribution is -2.33. The first-order valence-electron chi connectivity index (χ1n) is 12.5. The standard InChI is InChI=1S/C20H25NO4/c1-24-17-7-6-15(12-18(17)25-16-4-2-3-5-16)20(13-21)10-8-14(9-11-20)19(22)23/h6-7,12,14,16H,2-5,8-11H2,1H3,(H,22,23)/i2D2,3D2,4D2,5D2,16D. The molecule has 1 aromatic carbocycles. The van der Waals surface area contributed by atoms with Crippen molar-refractivity contribution in [2.24, 2.45) is 5.92 Å². The number of hydrogen-bond acceptors (Lipinski definition) is 4. The van der Waals surface area contributed by atoms with Crippen molar-refractivity contribution in [1.29, 1.82) is 5.26 Å². The average Bonchev–Trinajstić information content (AvgIpc) is 2.82. The van der Waals surface area contributed by atoms with E-state index in [1.807, 2.05) is 0 Å². The van der Waals surface area contributed by atoms with Crippen LogP contribution in [0.25, 0.3) is 0 Å². The lowest BCUT2D eigenvalue weighted by molar-refractivity contribution is -0.143. The number of benzene rings is 1. The van der Waals surface area contributed by atoms with Crippen molar-refractivity contribution in [3.63, 3.8) is 0 Å². The third-order valence-corrected chi connectivity index (χ3v) is 4.75. The molecule has 0 amide bonds. The van der Waals surface area contributed by atoms with Crippen LogP contribution in [0.1, 0.15) is 69.1 Å². The molecule has 25 heavy (non-hydrogen) atoms. The number of ether oxygens (including phenoxy) is 2. The molecule has 0 unspecified atom stereocenters. The molecule has 0 heterocycles. The first kappa shape index (κ1) is 9.47. The van der Waals surface area contributed by atoms with Crippen LogP contribution in [0.4, 0.5) is 0 Å². The molecule has 1 aromatic rings. The summed E-state index contributed by atoms with van der Waals surface area (Å²) in [6.07, 6.45) is -16.1. The second kappa shape index (κ2) is 7.35. The van der Waals surface area contributed by atoms with E-state index in [9.17, 15) is 15.2 Å². The molecule has 0 spiro atoms. The summed E-state index contributed by atoms with van der Waals surface area (Å²) in [5, 5.41) is 19.2. The largest absolute Gasteiger partial charge is 0.493 e. The van der Waals surface area contributed by atoms with Gasteiger partial charge >= 0.3 is 5.97 Å². The number of aliphatic carboxylic acids is 1. The Morgan fingerprint density at radius 1 is 1.36 bits per heavy atom. The van der Waals surface area contributed by atoms with Gasteiger partial charge in [-0.25, -0.2) is 0 Å². The lowest BCUT2D eigenvalue weighted by Gasteiger charge is -2.34. The Hall–Kier alpha value is -2.22. The molecule has 5 nitrogen and oxygen atoms in total. The van der Waals surface area contributed by atoms with Crippen molar-refractivity contribution in [2.45, 2.75) is 62.7 Å².